The first kappa shape index (κ1) is 22.9. The van der Waals surface area contributed by atoms with Gasteiger partial charge in [-0.05, 0) is 54.1 Å². The van der Waals surface area contributed by atoms with Crippen LogP contribution in [0.2, 0.25) is 5.02 Å². The zero-order chi connectivity index (χ0) is 21.5. The highest BCUT2D eigenvalue weighted by molar-refractivity contribution is 9.10. The highest BCUT2D eigenvalue weighted by Gasteiger charge is 2.18. The average Bonchev–Trinajstić information content (AvgIpc) is 2.71. The lowest BCUT2D eigenvalue weighted by Gasteiger charge is -2.21. The van der Waals surface area contributed by atoms with Gasteiger partial charge in [-0.15, -0.1) is 0 Å². The number of hydrogen-bond acceptors (Lipinski definition) is 7. The molecule has 0 saturated heterocycles. The van der Waals surface area contributed by atoms with Gasteiger partial charge in [-0.3, -0.25) is 4.79 Å². The number of amides is 1. The maximum Gasteiger partial charge on any atom is 0.230 e. The number of rotatable bonds is 9. The number of fused-ring (bicyclic) bond motifs is 1. The summed E-state index contributed by atoms with van der Waals surface area (Å²) in [6, 6.07) is 5.51. The fraction of sp³-hybridized carbons (Fsp3) is 0.316. The van der Waals surface area contributed by atoms with E-state index in [2.05, 4.69) is 41.8 Å². The highest BCUT2D eigenvalue weighted by Crippen LogP contribution is 2.37. The van der Waals surface area contributed by atoms with Crippen LogP contribution >= 0.6 is 35.9 Å². The van der Waals surface area contributed by atoms with Gasteiger partial charge in [-0.1, -0.05) is 11.6 Å². The van der Waals surface area contributed by atoms with Gasteiger partial charge in [0.25, 0.3) is 0 Å². The first-order chi connectivity index (χ1) is 14.5. The molecule has 0 fully saturated rings. The fourth-order valence-corrected chi connectivity index (χ4v) is 4.37. The van der Waals surface area contributed by atoms with Crippen LogP contribution in [0.5, 0.6) is 0 Å². The van der Waals surface area contributed by atoms with Crippen molar-refractivity contribution in [2.75, 3.05) is 24.7 Å². The predicted molar refractivity (Wildman–Crippen MR) is 123 cm³/mol. The minimum atomic E-state index is -1.24. The molecule has 1 aliphatic heterocycles. The van der Waals surface area contributed by atoms with E-state index < -0.39 is 14.5 Å². The van der Waals surface area contributed by atoms with Crippen molar-refractivity contribution in [2.24, 2.45) is 0 Å². The van der Waals surface area contributed by atoms with Crippen LogP contribution in [0.25, 0.3) is 12.3 Å². The molecule has 1 aliphatic rings. The monoisotopic (exact) mass is 513 g/mol. The van der Waals surface area contributed by atoms with Crippen LogP contribution in [0, 0.1) is 0 Å². The van der Waals surface area contributed by atoms with Crippen molar-refractivity contribution in [2.45, 2.75) is 20.0 Å². The maximum absolute atomic E-state index is 12.4. The third-order valence-corrected chi connectivity index (χ3v) is 6.82. The predicted octanol–water partition coefficient (Wildman–Crippen LogP) is 2.58. The molecule has 11 heteroatoms. The van der Waals surface area contributed by atoms with Crippen molar-refractivity contribution in [1.82, 2.24) is 20.6 Å². The molecular weight excluding hydrogens is 493 g/mol. The quantitative estimate of drug-likeness (QED) is 0.443. The summed E-state index contributed by atoms with van der Waals surface area (Å²) in [6.45, 7) is 4.76. The van der Waals surface area contributed by atoms with Gasteiger partial charge in [0.15, 0.2) is 8.38 Å². The van der Waals surface area contributed by atoms with Crippen LogP contribution in [0.3, 0.4) is 0 Å². The van der Waals surface area contributed by atoms with Crippen LogP contribution in [0.1, 0.15) is 13.8 Å². The molecule has 0 radical (unpaired) electrons. The summed E-state index contributed by atoms with van der Waals surface area (Å²) >= 11 is 9.48. The maximum atomic E-state index is 12.4. The molecule has 30 heavy (non-hydrogen) atoms. The molecule has 1 aromatic carbocycles. The van der Waals surface area contributed by atoms with Gasteiger partial charge in [0, 0.05) is 21.6 Å². The number of carbonyl (C=O) groups excluding carboxylic acids is 1. The Morgan fingerprint density at radius 3 is 2.77 bits per heavy atom. The third kappa shape index (κ3) is 6.12. The molecule has 1 amide bonds. The molecule has 1 unspecified atom stereocenters. The lowest BCUT2D eigenvalue weighted by molar-refractivity contribution is -0.119. The van der Waals surface area contributed by atoms with Crippen molar-refractivity contribution in [3.8, 4) is 0 Å². The van der Waals surface area contributed by atoms with E-state index in [0.29, 0.717) is 24.1 Å². The summed E-state index contributed by atoms with van der Waals surface area (Å²) in [7, 11) is -1.24. The molecule has 3 rings (SSSR count). The van der Waals surface area contributed by atoms with E-state index in [4.69, 9.17) is 20.6 Å². The number of carbonyl (C=O) groups is 1. The van der Waals surface area contributed by atoms with Gasteiger partial charge in [-0.2, -0.15) is 0 Å². The van der Waals surface area contributed by atoms with E-state index in [0.717, 1.165) is 20.7 Å². The van der Waals surface area contributed by atoms with E-state index in [-0.39, 0.29) is 12.1 Å². The van der Waals surface area contributed by atoms with Crippen molar-refractivity contribution in [1.29, 1.82) is 0 Å². The Hall–Kier alpha value is -1.77. The first-order valence-electron chi connectivity index (χ1n) is 9.34. The zero-order valence-electron chi connectivity index (χ0n) is 16.5. The van der Waals surface area contributed by atoms with Crippen molar-refractivity contribution >= 4 is 65.6 Å². The van der Waals surface area contributed by atoms with E-state index in [1.165, 1.54) is 6.33 Å². The molecule has 1 aromatic heterocycles. The normalized spacial score (nSPS) is 14.9. The molecule has 2 aromatic rings. The van der Waals surface area contributed by atoms with Crippen molar-refractivity contribution in [3.05, 3.63) is 44.6 Å². The minimum Gasteiger partial charge on any atom is -0.366 e. The number of nitrogens with zero attached hydrogens (tertiary/aromatic N) is 2. The molecule has 0 spiro atoms. The number of halogens is 2. The standard InChI is InChI=1S/C19H22BrClN5O3P/c1-3-28-30(29-4-2)10-18(27)26-17-8-13-16(9-22-17)23-11-24-19(13)25-12-5-6-15(21)14(20)7-12/h5-9,11,17,22H,3-4,10H2,1-2H3,(H,26,27)(H,23,24,25). The molecule has 3 N–H and O–H groups in total. The zero-order valence-corrected chi connectivity index (χ0v) is 19.7. The van der Waals surface area contributed by atoms with Gasteiger partial charge in [-0.25, -0.2) is 9.97 Å². The molecule has 1 atom stereocenters. The summed E-state index contributed by atoms with van der Waals surface area (Å²) in [5, 5.41) is 11.4. The van der Waals surface area contributed by atoms with Gasteiger partial charge in [0.1, 0.15) is 18.3 Å². The summed E-state index contributed by atoms with van der Waals surface area (Å²) in [6.07, 6.45) is 4.86. The third-order valence-electron chi connectivity index (χ3n) is 3.97. The molecule has 160 valence electrons. The van der Waals surface area contributed by atoms with Crippen LogP contribution in [-0.2, 0) is 13.8 Å². The number of hydrogen-bond donors (Lipinski definition) is 3. The van der Waals surface area contributed by atoms with E-state index >= 15 is 0 Å². The molecule has 8 nitrogen and oxygen atoms in total. The minimum absolute atomic E-state index is 0.165. The lowest BCUT2D eigenvalue weighted by Crippen LogP contribution is -2.50. The van der Waals surface area contributed by atoms with Gasteiger partial charge < -0.3 is 25.0 Å². The van der Waals surface area contributed by atoms with E-state index in [9.17, 15) is 4.79 Å². The van der Waals surface area contributed by atoms with E-state index in [1.807, 2.05) is 32.1 Å². The van der Waals surface area contributed by atoms with Crippen molar-refractivity contribution in [3.63, 3.8) is 0 Å². The topological polar surface area (TPSA) is 97.4 Å². The molecule has 0 saturated carbocycles. The number of aromatic nitrogens is 2. The van der Waals surface area contributed by atoms with Gasteiger partial charge in [0.05, 0.1) is 29.7 Å². The Kier molecular flexibility index (Phi) is 8.41. The molecular formula is C19H22BrClN5O3P. The number of anilines is 2. The van der Waals surface area contributed by atoms with Crippen LogP contribution < -0.4 is 26.5 Å². The number of nitrogens with one attached hydrogen (secondary N) is 3. The first-order valence-corrected chi connectivity index (χ1v) is 11.9. The van der Waals surface area contributed by atoms with Crippen LogP contribution in [0.4, 0.5) is 11.5 Å². The van der Waals surface area contributed by atoms with Crippen molar-refractivity contribution < 1.29 is 13.8 Å². The Balaban J connectivity index is 1.76. The largest absolute Gasteiger partial charge is 0.366 e. The molecule has 2 heterocycles. The second-order valence-corrected chi connectivity index (χ2v) is 8.88. The summed E-state index contributed by atoms with van der Waals surface area (Å²) < 4.78 is 11.8. The number of benzene rings is 1. The lowest BCUT2D eigenvalue weighted by atomic mass is 10.2. The van der Waals surface area contributed by atoms with Gasteiger partial charge >= 0.3 is 0 Å². The van der Waals surface area contributed by atoms with Crippen LogP contribution in [-0.4, -0.2) is 41.4 Å². The summed E-state index contributed by atoms with van der Waals surface area (Å²) in [4.78, 5) is 21.1. The van der Waals surface area contributed by atoms with Gasteiger partial charge in [0.2, 0.25) is 5.91 Å². The Bertz CT molecular complexity index is 1020. The second kappa shape index (κ2) is 11.0. The molecule has 0 bridgehead atoms. The Morgan fingerprint density at radius 1 is 1.30 bits per heavy atom. The summed E-state index contributed by atoms with van der Waals surface area (Å²) in [5.74, 6) is 0.457. The Morgan fingerprint density at radius 2 is 2.07 bits per heavy atom. The second-order valence-electron chi connectivity index (χ2n) is 6.12. The average molecular weight is 515 g/mol. The SMILES string of the molecule is CCOP(CC(=O)NC1C=c2c(Nc3ccc(Cl)c(Br)c3)ncnc2=CN1)OCC. The molecule has 0 aliphatic carbocycles. The Labute approximate surface area is 189 Å². The fourth-order valence-electron chi connectivity index (χ4n) is 2.72. The van der Waals surface area contributed by atoms with Crippen LogP contribution in [0.15, 0.2) is 29.0 Å². The smallest absolute Gasteiger partial charge is 0.230 e. The highest BCUT2D eigenvalue weighted by atomic mass is 79.9. The van der Waals surface area contributed by atoms with E-state index in [1.54, 1.807) is 12.3 Å². The summed E-state index contributed by atoms with van der Waals surface area (Å²) in [5.41, 5.74) is 0.818.